The molecule has 34 heavy (non-hydrogen) atoms. The zero-order valence-electron chi connectivity index (χ0n) is 17.8. The van der Waals surface area contributed by atoms with Crippen LogP contribution in [0.4, 0.5) is 9.52 Å². The molecule has 0 amide bonds. The number of fused-ring (bicyclic) bond motifs is 1. The maximum atomic E-state index is 15.0. The highest BCUT2D eigenvalue weighted by Crippen LogP contribution is 2.32. The van der Waals surface area contributed by atoms with E-state index < -0.39 is 38.1 Å². The van der Waals surface area contributed by atoms with Crippen molar-refractivity contribution in [1.29, 1.82) is 0 Å². The van der Waals surface area contributed by atoms with Gasteiger partial charge in [-0.15, -0.1) is 0 Å². The maximum absolute atomic E-state index is 15.0. The summed E-state index contributed by atoms with van der Waals surface area (Å²) in [6.07, 6.45) is 2.84. The molecule has 1 saturated carbocycles. The van der Waals surface area contributed by atoms with Gasteiger partial charge in [-0.3, -0.25) is 9.29 Å². The zero-order chi connectivity index (χ0) is 24.1. The largest absolute Gasteiger partial charge is 0.420 e. The van der Waals surface area contributed by atoms with E-state index in [1.807, 2.05) is 24.3 Å². The van der Waals surface area contributed by atoms with Gasteiger partial charge >= 0.3 is 5.76 Å². The number of benzene rings is 2. The van der Waals surface area contributed by atoms with Gasteiger partial charge < -0.3 is 10.2 Å². The molecule has 3 N–H and O–H groups in total. The minimum atomic E-state index is -4.32. The third kappa shape index (κ3) is 4.09. The molecular weight excluding hydrogens is 481 g/mol. The van der Waals surface area contributed by atoms with Gasteiger partial charge in [0.05, 0.1) is 17.1 Å². The second-order valence-electron chi connectivity index (χ2n) is 8.01. The number of halogens is 1. The first-order valence-electron chi connectivity index (χ1n) is 10.2. The van der Waals surface area contributed by atoms with Crippen molar-refractivity contribution in [2.45, 2.75) is 36.2 Å². The molecular formula is C22H18FN5O4S2. The van der Waals surface area contributed by atoms with Gasteiger partial charge in [0.25, 0.3) is 10.0 Å². The maximum Gasteiger partial charge on any atom is 0.420 e. The number of hydrogen-bond acceptors (Lipinski definition) is 8. The van der Waals surface area contributed by atoms with Gasteiger partial charge in [0.1, 0.15) is 17.0 Å². The molecule has 174 valence electrons. The number of anilines is 1. The summed E-state index contributed by atoms with van der Waals surface area (Å²) in [6.45, 7) is 1.76. The summed E-state index contributed by atoms with van der Waals surface area (Å²) in [7, 11) is -4.32. The first-order chi connectivity index (χ1) is 16.2. The van der Waals surface area contributed by atoms with E-state index in [0.29, 0.717) is 5.56 Å². The topological polar surface area (TPSA) is 133 Å². The predicted molar refractivity (Wildman–Crippen MR) is 124 cm³/mol. The van der Waals surface area contributed by atoms with Gasteiger partial charge in [-0.05, 0) is 31.4 Å². The Morgan fingerprint density at radius 3 is 2.79 bits per heavy atom. The van der Waals surface area contributed by atoms with Crippen LogP contribution in [0, 0.1) is 17.7 Å². The Hall–Kier alpha value is -3.53. The molecule has 1 unspecified atom stereocenters. The van der Waals surface area contributed by atoms with E-state index >= 15 is 0 Å². The van der Waals surface area contributed by atoms with Crippen molar-refractivity contribution in [2.24, 2.45) is 5.73 Å². The lowest BCUT2D eigenvalue weighted by atomic mass is 10.0. The molecule has 0 bridgehead atoms. The smallest absolute Gasteiger partial charge is 0.408 e. The van der Waals surface area contributed by atoms with Crippen LogP contribution >= 0.6 is 11.5 Å². The fraction of sp³-hybridized carbons (Fsp3) is 0.227. The minimum absolute atomic E-state index is 0.0182. The molecule has 1 aliphatic carbocycles. The third-order valence-corrected chi connectivity index (χ3v) is 7.64. The van der Waals surface area contributed by atoms with Crippen molar-refractivity contribution in [3.8, 4) is 11.8 Å². The van der Waals surface area contributed by atoms with Crippen LogP contribution in [0.3, 0.4) is 0 Å². The molecule has 2 aromatic carbocycles. The number of nitrogens with zero attached hydrogens (tertiary/aromatic N) is 3. The average Bonchev–Trinajstić information content (AvgIpc) is 3.16. The second-order valence-corrected chi connectivity index (χ2v) is 10.4. The van der Waals surface area contributed by atoms with Crippen molar-refractivity contribution in [3.05, 3.63) is 70.2 Å². The summed E-state index contributed by atoms with van der Waals surface area (Å²) in [6, 6.07) is 8.65. The Balaban J connectivity index is 1.57. The van der Waals surface area contributed by atoms with Gasteiger partial charge in [-0.1, -0.05) is 30.0 Å². The molecule has 2 heterocycles. The first kappa shape index (κ1) is 22.3. The van der Waals surface area contributed by atoms with Crippen molar-refractivity contribution in [2.75, 3.05) is 4.72 Å². The normalized spacial score (nSPS) is 15.5. The fourth-order valence-electron chi connectivity index (χ4n) is 3.56. The number of sulfonamides is 1. The minimum Gasteiger partial charge on any atom is -0.408 e. The zero-order valence-corrected chi connectivity index (χ0v) is 19.4. The van der Waals surface area contributed by atoms with Crippen molar-refractivity contribution < 1.29 is 17.2 Å². The number of hydrogen-bond donors (Lipinski definition) is 2. The van der Waals surface area contributed by atoms with Crippen LogP contribution in [0.2, 0.25) is 0 Å². The Morgan fingerprint density at radius 1 is 1.32 bits per heavy atom. The molecule has 12 heteroatoms. The summed E-state index contributed by atoms with van der Waals surface area (Å²) >= 11 is 0.802. The van der Waals surface area contributed by atoms with Crippen LogP contribution in [-0.2, 0) is 10.0 Å². The standard InChI is InChI=1S/C22H18FN5O4S2/c1-13(15-5-3-2-4-14(15)6-7-22(24)8-9-22)28-17-10-16(23)19(11-18(17)32-21(28)29)34(30,31)27-20-25-12-26-33-20/h2-5,10-13H,8-9,24H2,1H3,(H,25,26,27). The van der Waals surface area contributed by atoms with E-state index in [4.69, 9.17) is 10.2 Å². The second kappa shape index (κ2) is 8.05. The first-order valence-corrected chi connectivity index (χ1v) is 12.5. The van der Waals surface area contributed by atoms with Crippen LogP contribution in [0.25, 0.3) is 11.1 Å². The summed E-state index contributed by atoms with van der Waals surface area (Å²) in [5.74, 6) is 4.36. The number of nitrogens with one attached hydrogen (secondary N) is 1. The highest BCUT2D eigenvalue weighted by Gasteiger charge is 2.36. The van der Waals surface area contributed by atoms with E-state index in [-0.39, 0.29) is 16.2 Å². The quantitative estimate of drug-likeness (QED) is 0.403. The molecule has 5 rings (SSSR count). The van der Waals surface area contributed by atoms with Gasteiger partial charge in [0, 0.05) is 29.2 Å². The van der Waals surface area contributed by atoms with Gasteiger partial charge in [0.2, 0.25) is 5.13 Å². The lowest BCUT2D eigenvalue weighted by molar-refractivity contribution is 0.489. The van der Waals surface area contributed by atoms with Crippen LogP contribution in [0.15, 0.2) is 56.8 Å². The average molecular weight is 500 g/mol. The SMILES string of the molecule is CC(c1ccccc1C#CC1(N)CC1)n1c(=O)oc2cc(S(=O)(=O)Nc3ncns3)c(F)cc21. The van der Waals surface area contributed by atoms with Crippen molar-refractivity contribution in [3.63, 3.8) is 0 Å². The third-order valence-electron chi connectivity index (χ3n) is 5.57. The molecule has 0 saturated heterocycles. The highest BCUT2D eigenvalue weighted by molar-refractivity contribution is 7.93. The van der Waals surface area contributed by atoms with E-state index in [0.717, 1.165) is 42.1 Å². The van der Waals surface area contributed by atoms with E-state index in [1.54, 1.807) is 6.92 Å². The lowest BCUT2D eigenvalue weighted by Crippen LogP contribution is -2.20. The lowest BCUT2D eigenvalue weighted by Gasteiger charge is -2.15. The van der Waals surface area contributed by atoms with Crippen molar-refractivity contribution >= 4 is 37.8 Å². The summed E-state index contributed by atoms with van der Waals surface area (Å²) in [5, 5.41) is -0.0182. The van der Waals surface area contributed by atoms with Gasteiger partial charge in [0.15, 0.2) is 5.58 Å². The molecule has 4 aromatic rings. The molecule has 1 aliphatic rings. The van der Waals surface area contributed by atoms with Crippen LogP contribution < -0.4 is 16.2 Å². The molecule has 2 aromatic heterocycles. The van der Waals surface area contributed by atoms with E-state index in [2.05, 4.69) is 25.9 Å². The van der Waals surface area contributed by atoms with Crippen molar-refractivity contribution in [1.82, 2.24) is 13.9 Å². The van der Waals surface area contributed by atoms with Crippen LogP contribution in [-0.4, -0.2) is 27.9 Å². The summed E-state index contributed by atoms with van der Waals surface area (Å²) < 4.78 is 52.7. The Labute approximate surface area is 197 Å². The van der Waals surface area contributed by atoms with Gasteiger partial charge in [-0.25, -0.2) is 22.6 Å². The van der Waals surface area contributed by atoms with Crippen LogP contribution in [0.1, 0.15) is 36.9 Å². The molecule has 1 atom stereocenters. The Bertz CT molecular complexity index is 1630. The molecule has 0 aliphatic heterocycles. The molecule has 0 radical (unpaired) electrons. The number of rotatable bonds is 5. The molecule has 9 nitrogen and oxygen atoms in total. The number of oxazole rings is 1. The van der Waals surface area contributed by atoms with Gasteiger partial charge in [-0.2, -0.15) is 4.37 Å². The van der Waals surface area contributed by atoms with Crippen LogP contribution in [0.5, 0.6) is 0 Å². The summed E-state index contributed by atoms with van der Waals surface area (Å²) in [4.78, 5) is 15.8. The fourth-order valence-corrected chi connectivity index (χ4v) is 5.30. The number of nitrogens with two attached hydrogens (primary N) is 1. The Morgan fingerprint density at radius 2 is 2.09 bits per heavy atom. The highest BCUT2D eigenvalue weighted by atomic mass is 32.2. The summed E-state index contributed by atoms with van der Waals surface area (Å²) in [5.41, 5.74) is 7.06. The predicted octanol–water partition coefficient (Wildman–Crippen LogP) is 2.84. The van der Waals surface area contributed by atoms with E-state index in [9.17, 15) is 17.6 Å². The molecule has 1 fully saturated rings. The molecule has 0 spiro atoms. The van der Waals surface area contributed by atoms with E-state index in [1.165, 1.54) is 10.9 Å². The Kier molecular flexibility index (Phi) is 5.27. The monoisotopic (exact) mass is 499 g/mol. The number of aromatic nitrogens is 3.